The van der Waals surface area contributed by atoms with Gasteiger partial charge in [0.2, 0.25) is 0 Å². The van der Waals surface area contributed by atoms with Crippen molar-refractivity contribution in [1.29, 1.82) is 0 Å². The van der Waals surface area contributed by atoms with Crippen LogP contribution in [0.4, 0.5) is 0 Å². The fourth-order valence-electron chi connectivity index (χ4n) is 3.58. The molecule has 1 fully saturated rings. The largest absolute Gasteiger partial charge is 0.481 e. The summed E-state index contributed by atoms with van der Waals surface area (Å²) in [5, 5.41) is 39.6. The molecule has 1 saturated carbocycles. The molecule has 0 unspecified atom stereocenters. The van der Waals surface area contributed by atoms with Crippen LogP contribution in [0.25, 0.3) is 0 Å². The average Bonchev–Trinajstić information content (AvgIpc) is 2.82. The van der Waals surface area contributed by atoms with Crippen LogP contribution in [0.2, 0.25) is 0 Å². The molecule has 4 N–H and O–H groups in total. The van der Waals surface area contributed by atoms with Crippen LogP contribution < -0.4 is 0 Å². The zero-order valence-corrected chi connectivity index (χ0v) is 16.2. The van der Waals surface area contributed by atoms with E-state index in [1.807, 2.05) is 18.2 Å². The molecular weight excluding hydrogens is 332 g/mol. The van der Waals surface area contributed by atoms with Crippen LogP contribution in [0.15, 0.2) is 24.3 Å². The molecule has 0 radical (unpaired) electrons. The number of aliphatic carboxylic acids is 1. The van der Waals surface area contributed by atoms with Crippen LogP contribution in [0.1, 0.15) is 71.6 Å². The summed E-state index contributed by atoms with van der Waals surface area (Å²) in [7, 11) is 0. The third-order valence-electron chi connectivity index (χ3n) is 5.22. The Morgan fingerprint density at radius 2 is 1.88 bits per heavy atom. The van der Waals surface area contributed by atoms with E-state index in [4.69, 9.17) is 5.11 Å². The van der Waals surface area contributed by atoms with E-state index in [9.17, 15) is 20.1 Å². The lowest BCUT2D eigenvalue weighted by atomic mass is 9.88. The van der Waals surface area contributed by atoms with Gasteiger partial charge in [0.05, 0.1) is 17.8 Å². The van der Waals surface area contributed by atoms with Crippen molar-refractivity contribution < 1.29 is 25.2 Å². The number of aliphatic hydroxyl groups is 3. The zero-order chi connectivity index (χ0) is 19.6. The summed E-state index contributed by atoms with van der Waals surface area (Å²) in [5.74, 6) is -1.04. The average molecular weight is 369 g/mol. The van der Waals surface area contributed by atoms with Crippen LogP contribution >= 0.6 is 0 Å². The highest BCUT2D eigenvalue weighted by Crippen LogP contribution is 2.37. The topological polar surface area (TPSA) is 98.0 Å². The van der Waals surface area contributed by atoms with Gasteiger partial charge in [-0.1, -0.05) is 50.5 Å². The van der Waals surface area contributed by atoms with Gasteiger partial charge in [0.1, 0.15) is 0 Å². The zero-order valence-electron chi connectivity index (χ0n) is 16.2. The molecule has 5 nitrogen and oxygen atoms in total. The Labute approximate surface area is 157 Å². The molecule has 0 bridgehead atoms. The first kappa shape index (κ1) is 22.9. The molecule has 1 aliphatic carbocycles. The van der Waals surface area contributed by atoms with Crippen molar-refractivity contribution in [2.24, 2.45) is 11.8 Å². The van der Waals surface area contributed by atoms with Crippen molar-refractivity contribution in [3.05, 3.63) is 24.3 Å². The predicted octanol–water partition coefficient (Wildman–Crippen LogP) is 3.43. The molecule has 0 aromatic carbocycles. The predicted molar refractivity (Wildman–Crippen MR) is 103 cm³/mol. The minimum Gasteiger partial charge on any atom is -0.481 e. The fraction of sp³-hybridized carbons (Fsp3) is 0.762. The Morgan fingerprint density at radius 3 is 2.54 bits per heavy atom. The molecule has 5 heteroatoms. The molecule has 1 aliphatic rings. The highest BCUT2D eigenvalue weighted by atomic mass is 16.4. The van der Waals surface area contributed by atoms with Gasteiger partial charge in [-0.05, 0) is 38.5 Å². The normalized spacial score (nSPS) is 28.8. The number of allylic oxidation sites excluding steroid dienone is 2. The van der Waals surface area contributed by atoms with Crippen LogP contribution in [-0.2, 0) is 4.79 Å². The van der Waals surface area contributed by atoms with Gasteiger partial charge in [-0.3, -0.25) is 4.79 Å². The second kappa shape index (κ2) is 11.5. The molecule has 26 heavy (non-hydrogen) atoms. The highest BCUT2D eigenvalue weighted by molar-refractivity contribution is 5.66. The molecule has 0 saturated heterocycles. The molecule has 5 atom stereocenters. The van der Waals surface area contributed by atoms with E-state index >= 15 is 0 Å². The van der Waals surface area contributed by atoms with Crippen molar-refractivity contribution in [2.75, 3.05) is 0 Å². The van der Waals surface area contributed by atoms with E-state index in [-0.39, 0.29) is 18.3 Å². The molecule has 150 valence electrons. The second-order valence-electron chi connectivity index (χ2n) is 7.78. The lowest BCUT2D eigenvalue weighted by Gasteiger charge is -2.23. The number of unbranched alkanes of at least 4 members (excludes halogenated alkanes) is 3. The minimum atomic E-state index is -0.889. The van der Waals surface area contributed by atoms with E-state index in [2.05, 4.69) is 6.92 Å². The molecular formula is C21H36O5. The van der Waals surface area contributed by atoms with E-state index in [1.165, 1.54) is 0 Å². The van der Waals surface area contributed by atoms with Crippen LogP contribution in [0, 0.1) is 11.8 Å². The Kier molecular flexibility index (Phi) is 10.1. The first-order valence-corrected chi connectivity index (χ1v) is 9.91. The summed E-state index contributed by atoms with van der Waals surface area (Å²) in [5.41, 5.74) is -0.889. The van der Waals surface area contributed by atoms with Crippen LogP contribution in [-0.4, -0.2) is 44.2 Å². The maximum Gasteiger partial charge on any atom is 0.303 e. The van der Waals surface area contributed by atoms with E-state index in [0.717, 1.165) is 19.3 Å². The number of carboxylic acids is 1. The maximum atomic E-state index is 10.5. The Balaban J connectivity index is 2.56. The van der Waals surface area contributed by atoms with Crippen LogP contribution in [0.3, 0.4) is 0 Å². The van der Waals surface area contributed by atoms with E-state index in [1.54, 1.807) is 13.0 Å². The molecule has 0 aliphatic heterocycles. The van der Waals surface area contributed by atoms with E-state index in [0.29, 0.717) is 32.1 Å². The van der Waals surface area contributed by atoms with Gasteiger partial charge in [0.15, 0.2) is 0 Å². The van der Waals surface area contributed by atoms with Gasteiger partial charge in [-0.25, -0.2) is 0 Å². The minimum absolute atomic E-state index is 0.0802. The Hall–Kier alpha value is -1.17. The standard InChI is InChI=1S/C21H36O5/c1-3-4-9-13-21(2,26)14-12-17-16(18(22)15-19(17)23)10-7-5-6-8-11-20(24)25/h5,7,12,14,16-19,22-23,26H,3-4,6,8-11,13,15H2,1-2H3,(H,24,25)/b7-5+,14-12+/t16-,17-,18+,19-,21-/m0/s1. The van der Waals surface area contributed by atoms with Crippen LogP contribution in [0.5, 0.6) is 0 Å². The smallest absolute Gasteiger partial charge is 0.303 e. The molecule has 0 amide bonds. The van der Waals surface area contributed by atoms with Gasteiger partial charge in [0.25, 0.3) is 0 Å². The summed E-state index contributed by atoms with van der Waals surface area (Å²) >= 11 is 0. The first-order valence-electron chi connectivity index (χ1n) is 9.91. The van der Waals surface area contributed by atoms with Gasteiger partial charge >= 0.3 is 5.97 Å². The number of aliphatic hydroxyl groups excluding tert-OH is 2. The number of rotatable bonds is 12. The first-order chi connectivity index (χ1) is 12.3. The monoisotopic (exact) mass is 368 g/mol. The van der Waals surface area contributed by atoms with Gasteiger partial charge in [-0.2, -0.15) is 0 Å². The summed E-state index contributed by atoms with van der Waals surface area (Å²) < 4.78 is 0. The summed E-state index contributed by atoms with van der Waals surface area (Å²) in [6.45, 7) is 3.91. The number of carbonyl (C=O) groups is 1. The summed E-state index contributed by atoms with van der Waals surface area (Å²) in [6, 6.07) is 0. The van der Waals surface area contributed by atoms with Gasteiger partial charge < -0.3 is 20.4 Å². The molecule has 0 spiro atoms. The van der Waals surface area contributed by atoms with Crippen molar-refractivity contribution in [1.82, 2.24) is 0 Å². The number of hydrogen-bond donors (Lipinski definition) is 4. The number of hydrogen-bond acceptors (Lipinski definition) is 4. The van der Waals surface area contributed by atoms with Crippen molar-refractivity contribution in [2.45, 2.75) is 89.4 Å². The molecule has 0 aromatic heterocycles. The third kappa shape index (κ3) is 8.47. The Morgan fingerprint density at radius 1 is 1.15 bits per heavy atom. The highest BCUT2D eigenvalue weighted by Gasteiger charge is 2.39. The summed E-state index contributed by atoms with van der Waals surface area (Å²) in [4.78, 5) is 10.5. The lowest BCUT2D eigenvalue weighted by molar-refractivity contribution is -0.137. The van der Waals surface area contributed by atoms with Gasteiger partial charge in [-0.15, -0.1) is 0 Å². The third-order valence-corrected chi connectivity index (χ3v) is 5.22. The van der Waals surface area contributed by atoms with Crippen molar-refractivity contribution in [3.63, 3.8) is 0 Å². The maximum absolute atomic E-state index is 10.5. The van der Waals surface area contributed by atoms with E-state index < -0.39 is 23.8 Å². The Bertz CT molecular complexity index is 469. The molecule has 0 aromatic rings. The fourth-order valence-corrected chi connectivity index (χ4v) is 3.58. The van der Waals surface area contributed by atoms with Gasteiger partial charge in [0, 0.05) is 18.8 Å². The lowest BCUT2D eigenvalue weighted by Crippen LogP contribution is -2.24. The molecule has 0 heterocycles. The van der Waals surface area contributed by atoms with Crippen molar-refractivity contribution >= 4 is 5.97 Å². The second-order valence-corrected chi connectivity index (χ2v) is 7.78. The molecule has 1 rings (SSSR count). The summed E-state index contributed by atoms with van der Waals surface area (Å²) in [6.07, 6.45) is 12.7. The SMILES string of the molecule is CCCCC[C@](C)(O)/C=C/[C@H]1[C@H](C/C=C/CCCC(=O)O)[C@H](O)C[C@@H]1O. The quantitative estimate of drug-likeness (QED) is 0.312. The number of carboxylic acid groups (broad SMARTS) is 1. The van der Waals surface area contributed by atoms with Crippen molar-refractivity contribution in [3.8, 4) is 0 Å².